The smallest absolute Gasteiger partial charge is 0.166 e. The van der Waals surface area contributed by atoms with Gasteiger partial charge in [-0.3, -0.25) is 0 Å². The van der Waals surface area contributed by atoms with E-state index in [1.807, 2.05) is 0 Å². The first-order valence-corrected chi connectivity index (χ1v) is 3.18. The maximum atomic E-state index is 12.0. The molecule has 0 radical (unpaired) electrons. The highest BCUT2D eigenvalue weighted by atomic mass is 19.4. The van der Waals surface area contributed by atoms with E-state index in [9.17, 15) is 26.3 Å². The lowest BCUT2D eigenvalue weighted by Crippen LogP contribution is -2.17. The van der Waals surface area contributed by atoms with E-state index < -0.39 is 23.5 Å². The number of nitrogens with zero attached hydrogens (tertiary/aromatic N) is 2. The molecule has 0 saturated heterocycles. The Morgan fingerprint density at radius 3 is 1.21 bits per heavy atom. The van der Waals surface area contributed by atoms with Crippen molar-refractivity contribution >= 4 is 0 Å². The Morgan fingerprint density at radius 1 is 0.714 bits per heavy atom. The minimum Gasteiger partial charge on any atom is -0.166 e. The van der Waals surface area contributed by atoms with E-state index in [1.165, 1.54) is 0 Å². The van der Waals surface area contributed by atoms with Gasteiger partial charge >= 0.3 is 12.4 Å². The van der Waals surface area contributed by atoms with Crippen LogP contribution in [0.25, 0.3) is 0 Å². The Bertz CT molecular complexity index is 295. The van der Waals surface area contributed by atoms with Gasteiger partial charge in [0.1, 0.15) is 0 Å². The van der Waals surface area contributed by atoms with E-state index in [0.717, 1.165) is 0 Å². The number of rotatable bonds is 0. The monoisotopic (exact) mass is 216 g/mol. The van der Waals surface area contributed by atoms with Gasteiger partial charge in [-0.15, -0.1) is 0 Å². The lowest BCUT2D eigenvalue weighted by Gasteiger charge is -2.13. The van der Waals surface area contributed by atoms with Crippen LogP contribution >= 0.6 is 0 Å². The molecule has 0 spiro atoms. The fourth-order valence-electron chi connectivity index (χ4n) is 0.773. The highest BCUT2D eigenvalue weighted by Gasteiger charge is 2.43. The van der Waals surface area contributed by atoms with E-state index >= 15 is 0 Å². The van der Waals surface area contributed by atoms with Crippen molar-refractivity contribution in [3.63, 3.8) is 0 Å². The summed E-state index contributed by atoms with van der Waals surface area (Å²) in [6.07, 6.45) is -10.1. The summed E-state index contributed by atoms with van der Waals surface area (Å²) in [6, 6.07) is 0. The lowest BCUT2D eigenvalue weighted by molar-refractivity contribution is -0.162. The molecule has 0 unspecified atom stereocenters. The normalized spacial score (nSPS) is 13.0. The van der Waals surface area contributed by atoms with E-state index in [0.29, 0.717) is 0 Å². The standard InChI is InChI=1S/C6H2F6N2/c7-5(8,9)3-1-13-14-2-4(3)6(10,11)12/h1-2H. The molecule has 0 aliphatic rings. The van der Waals surface area contributed by atoms with Crippen LogP contribution in [0.2, 0.25) is 0 Å². The number of hydrogen-bond acceptors (Lipinski definition) is 2. The maximum Gasteiger partial charge on any atom is 0.418 e. The fourth-order valence-corrected chi connectivity index (χ4v) is 0.773. The van der Waals surface area contributed by atoms with Gasteiger partial charge in [-0.1, -0.05) is 0 Å². The van der Waals surface area contributed by atoms with Crippen molar-refractivity contribution in [3.8, 4) is 0 Å². The molecule has 1 rings (SSSR count). The molecule has 1 heterocycles. The Morgan fingerprint density at radius 2 is 1.00 bits per heavy atom. The van der Waals surface area contributed by atoms with Gasteiger partial charge in [0.25, 0.3) is 0 Å². The number of halogens is 6. The summed E-state index contributed by atoms with van der Waals surface area (Å²) < 4.78 is 72.1. The highest BCUT2D eigenvalue weighted by molar-refractivity contribution is 5.26. The van der Waals surface area contributed by atoms with Crippen LogP contribution in [0.3, 0.4) is 0 Å². The highest BCUT2D eigenvalue weighted by Crippen LogP contribution is 2.38. The van der Waals surface area contributed by atoms with Crippen molar-refractivity contribution in [2.24, 2.45) is 0 Å². The third-order valence-corrected chi connectivity index (χ3v) is 1.34. The van der Waals surface area contributed by atoms with Gasteiger partial charge in [-0.05, 0) is 0 Å². The summed E-state index contributed by atoms with van der Waals surface area (Å²) in [4.78, 5) is 0. The van der Waals surface area contributed by atoms with Gasteiger partial charge < -0.3 is 0 Å². The summed E-state index contributed by atoms with van der Waals surface area (Å²) in [5.41, 5.74) is -3.67. The molecule has 0 aliphatic heterocycles. The van der Waals surface area contributed by atoms with Crippen molar-refractivity contribution in [1.29, 1.82) is 0 Å². The second-order valence-electron chi connectivity index (χ2n) is 2.31. The predicted molar refractivity (Wildman–Crippen MR) is 32.0 cm³/mol. The Labute approximate surface area is 73.6 Å². The minimum absolute atomic E-state index is 0.0445. The average Bonchev–Trinajstić information content (AvgIpc) is 2.01. The molecule has 2 nitrogen and oxygen atoms in total. The third-order valence-electron chi connectivity index (χ3n) is 1.34. The number of alkyl halides is 6. The van der Waals surface area contributed by atoms with E-state index in [1.54, 1.807) is 0 Å². The second kappa shape index (κ2) is 3.10. The number of hydrogen-bond donors (Lipinski definition) is 0. The molecule has 14 heavy (non-hydrogen) atoms. The summed E-state index contributed by atoms with van der Waals surface area (Å²) in [5.74, 6) is 0. The molecule has 0 bridgehead atoms. The van der Waals surface area contributed by atoms with Gasteiger partial charge in [0.2, 0.25) is 0 Å². The topological polar surface area (TPSA) is 25.8 Å². The summed E-state index contributed by atoms with van der Waals surface area (Å²) in [6.45, 7) is 0. The molecule has 8 heteroatoms. The Balaban J connectivity index is 3.31. The summed E-state index contributed by atoms with van der Waals surface area (Å²) >= 11 is 0. The zero-order valence-corrected chi connectivity index (χ0v) is 6.32. The summed E-state index contributed by atoms with van der Waals surface area (Å²) in [7, 11) is 0. The molecule has 1 aromatic rings. The van der Waals surface area contributed by atoms with Crippen LogP contribution in [0.5, 0.6) is 0 Å². The van der Waals surface area contributed by atoms with Gasteiger partial charge in [-0.25, -0.2) is 0 Å². The van der Waals surface area contributed by atoms with Gasteiger partial charge in [-0.2, -0.15) is 36.5 Å². The quantitative estimate of drug-likeness (QED) is 0.622. The Kier molecular flexibility index (Phi) is 2.38. The lowest BCUT2D eigenvalue weighted by atomic mass is 10.1. The molecule has 0 N–H and O–H groups in total. The molecule has 0 amide bonds. The molecule has 0 fully saturated rings. The average molecular weight is 216 g/mol. The second-order valence-corrected chi connectivity index (χ2v) is 2.31. The van der Waals surface area contributed by atoms with Crippen molar-refractivity contribution in [2.75, 3.05) is 0 Å². The zero-order chi connectivity index (χ0) is 11.0. The fraction of sp³-hybridized carbons (Fsp3) is 0.333. The molecule has 0 atom stereocenters. The van der Waals surface area contributed by atoms with Crippen LogP contribution in [0.15, 0.2) is 12.4 Å². The minimum atomic E-state index is -5.08. The van der Waals surface area contributed by atoms with Crippen LogP contribution in [0, 0.1) is 0 Å². The van der Waals surface area contributed by atoms with Crippen LogP contribution in [0.4, 0.5) is 26.3 Å². The van der Waals surface area contributed by atoms with E-state index in [2.05, 4.69) is 10.2 Å². The van der Waals surface area contributed by atoms with E-state index in [-0.39, 0.29) is 12.4 Å². The van der Waals surface area contributed by atoms with Gasteiger partial charge in [0.05, 0.1) is 23.5 Å². The van der Waals surface area contributed by atoms with Crippen LogP contribution in [-0.4, -0.2) is 10.2 Å². The van der Waals surface area contributed by atoms with Gasteiger partial charge in [0.15, 0.2) is 0 Å². The van der Waals surface area contributed by atoms with Crippen LogP contribution < -0.4 is 0 Å². The van der Waals surface area contributed by atoms with Crippen LogP contribution in [-0.2, 0) is 12.4 Å². The molecule has 1 aromatic heterocycles. The van der Waals surface area contributed by atoms with E-state index in [4.69, 9.17) is 0 Å². The molecule has 78 valence electrons. The number of aromatic nitrogens is 2. The molecular weight excluding hydrogens is 214 g/mol. The first-order chi connectivity index (χ1) is 6.23. The predicted octanol–water partition coefficient (Wildman–Crippen LogP) is 2.51. The molecule has 0 aromatic carbocycles. The van der Waals surface area contributed by atoms with Gasteiger partial charge in [0, 0.05) is 0 Å². The van der Waals surface area contributed by atoms with Crippen molar-refractivity contribution in [3.05, 3.63) is 23.5 Å². The Hall–Kier alpha value is -1.34. The zero-order valence-electron chi connectivity index (χ0n) is 6.32. The molecule has 0 saturated carbocycles. The first-order valence-electron chi connectivity index (χ1n) is 3.18. The first kappa shape index (κ1) is 10.7. The maximum absolute atomic E-state index is 12.0. The van der Waals surface area contributed by atoms with Crippen molar-refractivity contribution in [2.45, 2.75) is 12.4 Å². The van der Waals surface area contributed by atoms with Crippen molar-refractivity contribution in [1.82, 2.24) is 10.2 Å². The molecule has 0 aliphatic carbocycles. The van der Waals surface area contributed by atoms with Crippen molar-refractivity contribution < 1.29 is 26.3 Å². The SMILES string of the molecule is FC(F)(F)c1cnncc1C(F)(F)F. The van der Waals surface area contributed by atoms with Crippen LogP contribution in [0.1, 0.15) is 11.1 Å². The summed E-state index contributed by atoms with van der Waals surface area (Å²) in [5, 5.41) is 5.51. The molecular formula is C6H2F6N2. The largest absolute Gasteiger partial charge is 0.418 e. The third kappa shape index (κ3) is 2.12.